The van der Waals surface area contributed by atoms with Crippen molar-refractivity contribution in [2.45, 2.75) is 46.7 Å². The highest BCUT2D eigenvalue weighted by molar-refractivity contribution is 7.80. The minimum absolute atomic E-state index is 0.0491. The normalized spacial score (nSPS) is 11.0. The molecule has 28 heavy (non-hydrogen) atoms. The molecule has 2 N–H and O–H groups in total. The van der Waals surface area contributed by atoms with Crippen LogP contribution in [-0.4, -0.2) is 21.5 Å². The van der Waals surface area contributed by atoms with E-state index in [2.05, 4.69) is 52.6 Å². The number of pyridine rings is 1. The molecular weight excluding hydrogens is 386 g/mol. The predicted molar refractivity (Wildman–Crippen MR) is 123 cm³/mol. The van der Waals surface area contributed by atoms with Gasteiger partial charge in [-0.3, -0.25) is 4.79 Å². The number of aromatic nitrogens is 1. The van der Waals surface area contributed by atoms with E-state index >= 15 is 0 Å². The number of thiocarbonyl (C=S) groups is 1. The lowest BCUT2D eigenvalue weighted by Gasteiger charge is -2.25. The summed E-state index contributed by atoms with van der Waals surface area (Å²) in [5, 5.41) is 7.16. The Bertz CT molecular complexity index is 1010. The molecule has 2 aromatic heterocycles. The van der Waals surface area contributed by atoms with E-state index in [1.165, 1.54) is 10.4 Å². The number of fused-ring (bicyclic) bond motifs is 1. The second kappa shape index (κ2) is 9.34. The number of hydrogen-bond acceptors (Lipinski definition) is 3. The van der Waals surface area contributed by atoms with E-state index in [-0.39, 0.29) is 5.56 Å². The summed E-state index contributed by atoms with van der Waals surface area (Å²) < 4.78 is 0. The average molecular weight is 414 g/mol. The second-order valence-electron chi connectivity index (χ2n) is 7.19. The van der Waals surface area contributed by atoms with Crippen molar-refractivity contribution >= 4 is 39.6 Å². The summed E-state index contributed by atoms with van der Waals surface area (Å²) in [5.74, 6) is 0. The monoisotopic (exact) mass is 413 g/mol. The molecule has 4 nitrogen and oxygen atoms in total. The largest absolute Gasteiger partial charge is 0.363 e. The molecule has 0 amide bonds. The SMILES string of the molecule is CCCCNC(=S)N(Cc1cccs1)Cc1cc2cc(C)cc(C)c2[nH]c1=O. The van der Waals surface area contributed by atoms with E-state index in [4.69, 9.17) is 12.2 Å². The molecule has 0 fully saturated rings. The minimum Gasteiger partial charge on any atom is -0.363 e. The summed E-state index contributed by atoms with van der Waals surface area (Å²) in [5.41, 5.74) is 3.87. The van der Waals surface area contributed by atoms with Crippen LogP contribution in [0.4, 0.5) is 0 Å². The van der Waals surface area contributed by atoms with Crippen molar-refractivity contribution in [1.82, 2.24) is 15.2 Å². The molecule has 0 aliphatic rings. The number of aryl methyl sites for hydroxylation is 2. The van der Waals surface area contributed by atoms with E-state index in [1.54, 1.807) is 11.3 Å². The van der Waals surface area contributed by atoms with Gasteiger partial charge in [-0.05, 0) is 67.0 Å². The van der Waals surface area contributed by atoms with Gasteiger partial charge in [0, 0.05) is 17.0 Å². The Labute approximate surface area is 175 Å². The van der Waals surface area contributed by atoms with Crippen LogP contribution in [0.2, 0.25) is 0 Å². The zero-order chi connectivity index (χ0) is 20.1. The van der Waals surface area contributed by atoms with Gasteiger partial charge in [0.15, 0.2) is 5.11 Å². The van der Waals surface area contributed by atoms with Gasteiger partial charge in [-0.15, -0.1) is 11.3 Å². The van der Waals surface area contributed by atoms with Crippen molar-refractivity contribution in [2.24, 2.45) is 0 Å². The van der Waals surface area contributed by atoms with Gasteiger partial charge in [-0.2, -0.15) is 0 Å². The highest BCUT2D eigenvalue weighted by Crippen LogP contribution is 2.19. The lowest BCUT2D eigenvalue weighted by atomic mass is 10.1. The molecule has 2 heterocycles. The van der Waals surface area contributed by atoms with Gasteiger partial charge in [-0.25, -0.2) is 0 Å². The van der Waals surface area contributed by atoms with Crippen molar-refractivity contribution in [1.29, 1.82) is 0 Å². The zero-order valence-corrected chi connectivity index (χ0v) is 18.3. The van der Waals surface area contributed by atoms with Gasteiger partial charge >= 0.3 is 0 Å². The summed E-state index contributed by atoms with van der Waals surface area (Å²) in [6.07, 6.45) is 2.19. The van der Waals surface area contributed by atoms with E-state index < -0.39 is 0 Å². The molecule has 0 unspecified atom stereocenters. The topological polar surface area (TPSA) is 48.1 Å². The number of unbranched alkanes of at least 4 members (excludes halogenated alkanes) is 1. The number of thiophene rings is 1. The number of H-pyrrole nitrogens is 1. The van der Waals surface area contributed by atoms with Gasteiger partial charge in [0.25, 0.3) is 5.56 Å². The maximum atomic E-state index is 12.7. The molecule has 6 heteroatoms. The Morgan fingerprint density at radius 3 is 2.79 bits per heavy atom. The third-order valence-corrected chi connectivity index (χ3v) is 6.02. The van der Waals surface area contributed by atoms with Crippen LogP contribution < -0.4 is 10.9 Å². The summed E-state index contributed by atoms with van der Waals surface area (Å²) >= 11 is 7.35. The number of benzene rings is 1. The van der Waals surface area contributed by atoms with Crippen LogP contribution in [0.5, 0.6) is 0 Å². The smallest absolute Gasteiger partial charge is 0.253 e. The van der Waals surface area contributed by atoms with E-state index in [9.17, 15) is 4.79 Å². The second-order valence-corrected chi connectivity index (χ2v) is 8.61. The van der Waals surface area contributed by atoms with Gasteiger partial charge in [-0.1, -0.05) is 31.0 Å². The molecule has 0 spiro atoms. The van der Waals surface area contributed by atoms with Crippen molar-refractivity contribution in [2.75, 3.05) is 6.54 Å². The van der Waals surface area contributed by atoms with Crippen molar-refractivity contribution in [3.63, 3.8) is 0 Å². The first-order chi connectivity index (χ1) is 13.5. The third kappa shape index (κ3) is 5.00. The Morgan fingerprint density at radius 2 is 2.07 bits per heavy atom. The van der Waals surface area contributed by atoms with Gasteiger partial charge in [0.05, 0.1) is 18.6 Å². The molecule has 148 valence electrons. The highest BCUT2D eigenvalue weighted by Gasteiger charge is 2.15. The first-order valence-electron chi connectivity index (χ1n) is 9.66. The molecule has 3 rings (SSSR count). The molecule has 0 saturated carbocycles. The van der Waals surface area contributed by atoms with Crippen LogP contribution in [0.25, 0.3) is 10.9 Å². The van der Waals surface area contributed by atoms with E-state index in [0.717, 1.165) is 41.4 Å². The van der Waals surface area contributed by atoms with E-state index in [1.807, 2.05) is 19.1 Å². The summed E-state index contributed by atoms with van der Waals surface area (Å²) in [4.78, 5) is 19.1. The number of rotatable bonds is 7. The molecule has 0 radical (unpaired) electrons. The Balaban J connectivity index is 1.89. The number of nitrogens with zero attached hydrogens (tertiary/aromatic N) is 1. The Kier molecular flexibility index (Phi) is 6.86. The number of hydrogen-bond donors (Lipinski definition) is 2. The fraction of sp³-hybridized carbons (Fsp3) is 0.364. The molecule has 1 aromatic carbocycles. The summed E-state index contributed by atoms with van der Waals surface area (Å²) in [6, 6.07) is 10.4. The molecular formula is C22H27N3OS2. The first kappa shape index (κ1) is 20.6. The van der Waals surface area contributed by atoms with Gasteiger partial charge < -0.3 is 15.2 Å². The van der Waals surface area contributed by atoms with Crippen LogP contribution in [0.3, 0.4) is 0 Å². The predicted octanol–water partition coefficient (Wildman–Crippen LogP) is 4.88. The molecule has 0 atom stereocenters. The standard InChI is InChI=1S/C22H27N3OS2/c1-4-5-8-23-22(27)25(14-19-7-6-9-28-19)13-18-12-17-11-15(2)10-16(3)20(17)24-21(18)26/h6-7,9-12H,4-5,8,13-14H2,1-3H3,(H,23,27)(H,24,26). The fourth-order valence-electron chi connectivity index (χ4n) is 3.33. The van der Waals surface area contributed by atoms with E-state index in [0.29, 0.717) is 18.2 Å². The first-order valence-corrected chi connectivity index (χ1v) is 10.9. The summed E-state index contributed by atoms with van der Waals surface area (Å²) in [6.45, 7) is 8.29. The molecule has 0 aliphatic carbocycles. The van der Waals surface area contributed by atoms with Crippen LogP contribution >= 0.6 is 23.6 Å². The van der Waals surface area contributed by atoms with Crippen LogP contribution in [0.15, 0.2) is 40.5 Å². The maximum Gasteiger partial charge on any atom is 0.253 e. The maximum absolute atomic E-state index is 12.7. The van der Waals surface area contributed by atoms with Crippen LogP contribution in [0, 0.1) is 13.8 Å². The van der Waals surface area contributed by atoms with Crippen molar-refractivity contribution in [3.05, 3.63) is 67.6 Å². The van der Waals surface area contributed by atoms with Crippen molar-refractivity contribution < 1.29 is 0 Å². The summed E-state index contributed by atoms with van der Waals surface area (Å²) in [7, 11) is 0. The number of aromatic amines is 1. The molecule has 3 aromatic rings. The number of nitrogens with one attached hydrogen (secondary N) is 2. The molecule has 0 bridgehead atoms. The van der Waals surface area contributed by atoms with Gasteiger partial charge in [0.2, 0.25) is 0 Å². The van der Waals surface area contributed by atoms with Crippen molar-refractivity contribution in [3.8, 4) is 0 Å². The van der Waals surface area contributed by atoms with Gasteiger partial charge in [0.1, 0.15) is 0 Å². The van der Waals surface area contributed by atoms with Crippen LogP contribution in [-0.2, 0) is 13.1 Å². The zero-order valence-electron chi connectivity index (χ0n) is 16.7. The Hall–Kier alpha value is -2.18. The fourth-order valence-corrected chi connectivity index (χ4v) is 4.28. The molecule has 0 saturated heterocycles. The highest BCUT2D eigenvalue weighted by atomic mass is 32.1. The average Bonchev–Trinajstić information content (AvgIpc) is 3.15. The Morgan fingerprint density at radius 1 is 1.25 bits per heavy atom. The minimum atomic E-state index is -0.0491. The quantitative estimate of drug-likeness (QED) is 0.428. The van der Waals surface area contributed by atoms with Crippen LogP contribution in [0.1, 0.15) is 41.3 Å². The lowest BCUT2D eigenvalue weighted by Crippen LogP contribution is -2.40. The molecule has 0 aliphatic heterocycles. The lowest BCUT2D eigenvalue weighted by molar-refractivity contribution is 0.400. The third-order valence-electron chi connectivity index (χ3n) is 4.75.